The van der Waals surface area contributed by atoms with Gasteiger partial charge in [0, 0.05) is 24.0 Å². The predicted molar refractivity (Wildman–Crippen MR) is 67.6 cm³/mol. The van der Waals surface area contributed by atoms with Gasteiger partial charge in [-0.2, -0.15) is 0 Å². The number of benzene rings is 1. The zero-order chi connectivity index (χ0) is 12.1. The fourth-order valence-corrected chi connectivity index (χ4v) is 1.54. The van der Waals surface area contributed by atoms with Crippen molar-refractivity contribution in [2.24, 2.45) is 5.73 Å². The third kappa shape index (κ3) is 3.29. The molecule has 1 aromatic carbocycles. The molecule has 3 heteroatoms. The summed E-state index contributed by atoms with van der Waals surface area (Å²) in [6.07, 6.45) is 3.55. The van der Waals surface area contributed by atoms with Crippen molar-refractivity contribution in [3.05, 3.63) is 59.9 Å². The van der Waals surface area contributed by atoms with Crippen molar-refractivity contribution in [2.45, 2.75) is 19.6 Å². The molecule has 0 saturated heterocycles. The van der Waals surface area contributed by atoms with Crippen LogP contribution in [0.1, 0.15) is 24.1 Å². The van der Waals surface area contributed by atoms with Gasteiger partial charge >= 0.3 is 0 Å². The lowest BCUT2D eigenvalue weighted by Crippen LogP contribution is -2.05. The van der Waals surface area contributed by atoms with E-state index in [4.69, 9.17) is 10.5 Å². The number of rotatable bonds is 4. The van der Waals surface area contributed by atoms with Crippen molar-refractivity contribution in [1.29, 1.82) is 0 Å². The molecule has 0 bridgehead atoms. The lowest BCUT2D eigenvalue weighted by atomic mass is 10.1. The lowest BCUT2D eigenvalue weighted by molar-refractivity contribution is 0.305. The zero-order valence-corrected chi connectivity index (χ0v) is 9.84. The number of pyridine rings is 1. The van der Waals surface area contributed by atoms with Crippen molar-refractivity contribution in [2.75, 3.05) is 0 Å². The van der Waals surface area contributed by atoms with Gasteiger partial charge < -0.3 is 10.5 Å². The Hall–Kier alpha value is -1.87. The molecule has 3 nitrogen and oxygen atoms in total. The van der Waals surface area contributed by atoms with Crippen LogP contribution in [0.5, 0.6) is 5.75 Å². The minimum Gasteiger partial charge on any atom is -0.489 e. The van der Waals surface area contributed by atoms with Gasteiger partial charge in [0.15, 0.2) is 0 Å². The molecule has 0 aliphatic carbocycles. The van der Waals surface area contributed by atoms with Crippen molar-refractivity contribution < 1.29 is 4.74 Å². The van der Waals surface area contributed by atoms with Crippen LogP contribution < -0.4 is 10.5 Å². The quantitative estimate of drug-likeness (QED) is 0.875. The van der Waals surface area contributed by atoms with E-state index in [0.29, 0.717) is 6.61 Å². The molecule has 2 N–H and O–H groups in total. The Labute approximate surface area is 101 Å². The van der Waals surface area contributed by atoms with Crippen molar-refractivity contribution >= 4 is 0 Å². The Morgan fingerprint density at radius 2 is 2.18 bits per heavy atom. The third-order valence-corrected chi connectivity index (χ3v) is 2.51. The molecular weight excluding hydrogens is 212 g/mol. The number of ether oxygens (including phenoxy) is 1. The normalized spacial score (nSPS) is 12.1. The van der Waals surface area contributed by atoms with Crippen molar-refractivity contribution in [3.8, 4) is 5.75 Å². The second-order valence-electron chi connectivity index (χ2n) is 4.01. The summed E-state index contributed by atoms with van der Waals surface area (Å²) >= 11 is 0. The van der Waals surface area contributed by atoms with Gasteiger partial charge in [-0.05, 0) is 30.7 Å². The van der Waals surface area contributed by atoms with Crippen molar-refractivity contribution in [3.63, 3.8) is 0 Å². The Bertz CT molecular complexity index is 469. The van der Waals surface area contributed by atoms with Gasteiger partial charge in [-0.3, -0.25) is 4.98 Å². The average molecular weight is 228 g/mol. The first-order chi connectivity index (χ1) is 8.25. The summed E-state index contributed by atoms with van der Waals surface area (Å²) in [4.78, 5) is 4.04. The molecule has 0 aliphatic rings. The summed E-state index contributed by atoms with van der Waals surface area (Å²) in [5, 5.41) is 0. The highest BCUT2D eigenvalue weighted by atomic mass is 16.5. The Morgan fingerprint density at radius 3 is 2.88 bits per heavy atom. The first-order valence-electron chi connectivity index (χ1n) is 5.63. The van der Waals surface area contributed by atoms with E-state index in [1.165, 1.54) is 0 Å². The van der Waals surface area contributed by atoms with Gasteiger partial charge in [0.2, 0.25) is 0 Å². The molecule has 0 amide bonds. The van der Waals surface area contributed by atoms with Gasteiger partial charge in [-0.25, -0.2) is 0 Å². The molecular formula is C14H16N2O. The molecule has 0 spiro atoms. The van der Waals surface area contributed by atoms with E-state index in [9.17, 15) is 0 Å². The molecule has 0 aliphatic heterocycles. The molecule has 1 aromatic heterocycles. The maximum absolute atomic E-state index is 5.82. The molecule has 0 fully saturated rings. The number of aromatic nitrogens is 1. The Balaban J connectivity index is 2.02. The van der Waals surface area contributed by atoms with Crippen LogP contribution >= 0.6 is 0 Å². The minimum absolute atomic E-state index is 0.0249. The standard InChI is InChI=1S/C14H16N2O/c1-11(15)13-5-2-6-14(8-13)17-10-12-4-3-7-16-9-12/h2-9,11H,10,15H2,1H3/t11-/m1/s1. The highest BCUT2D eigenvalue weighted by molar-refractivity contribution is 5.30. The predicted octanol–water partition coefficient (Wildman–Crippen LogP) is 2.68. The summed E-state index contributed by atoms with van der Waals surface area (Å²) in [6, 6.07) is 11.8. The van der Waals surface area contributed by atoms with Crippen LogP contribution in [0.15, 0.2) is 48.8 Å². The average Bonchev–Trinajstić information content (AvgIpc) is 2.38. The molecule has 2 aromatic rings. The number of hydrogen-bond acceptors (Lipinski definition) is 3. The smallest absolute Gasteiger partial charge is 0.120 e. The van der Waals surface area contributed by atoms with E-state index in [1.807, 2.05) is 43.3 Å². The Kier molecular flexibility index (Phi) is 3.73. The van der Waals surface area contributed by atoms with E-state index >= 15 is 0 Å². The van der Waals surface area contributed by atoms with Crippen LogP contribution in [0.3, 0.4) is 0 Å². The highest BCUT2D eigenvalue weighted by Gasteiger charge is 2.01. The Morgan fingerprint density at radius 1 is 1.29 bits per heavy atom. The summed E-state index contributed by atoms with van der Waals surface area (Å²) in [5.41, 5.74) is 7.96. The second kappa shape index (κ2) is 5.46. The van der Waals surface area contributed by atoms with Crippen LogP contribution in [0.25, 0.3) is 0 Å². The van der Waals surface area contributed by atoms with E-state index in [0.717, 1.165) is 16.9 Å². The molecule has 0 saturated carbocycles. The molecule has 0 unspecified atom stereocenters. The first-order valence-corrected chi connectivity index (χ1v) is 5.63. The van der Waals surface area contributed by atoms with E-state index in [1.54, 1.807) is 12.4 Å². The van der Waals surface area contributed by atoms with E-state index < -0.39 is 0 Å². The molecule has 88 valence electrons. The number of nitrogens with zero attached hydrogens (tertiary/aromatic N) is 1. The van der Waals surface area contributed by atoms with Crippen LogP contribution in [0.2, 0.25) is 0 Å². The minimum atomic E-state index is 0.0249. The fourth-order valence-electron chi connectivity index (χ4n) is 1.54. The second-order valence-corrected chi connectivity index (χ2v) is 4.01. The molecule has 0 radical (unpaired) electrons. The van der Waals surface area contributed by atoms with E-state index in [2.05, 4.69) is 4.98 Å². The van der Waals surface area contributed by atoms with Gasteiger partial charge in [0.05, 0.1) is 0 Å². The monoisotopic (exact) mass is 228 g/mol. The maximum Gasteiger partial charge on any atom is 0.120 e. The fraction of sp³-hybridized carbons (Fsp3) is 0.214. The summed E-state index contributed by atoms with van der Waals surface area (Å²) in [7, 11) is 0. The van der Waals surface area contributed by atoms with Crippen LogP contribution in [-0.2, 0) is 6.61 Å². The van der Waals surface area contributed by atoms with Gasteiger partial charge in [0.25, 0.3) is 0 Å². The van der Waals surface area contributed by atoms with E-state index in [-0.39, 0.29) is 6.04 Å². The zero-order valence-electron chi connectivity index (χ0n) is 9.84. The third-order valence-electron chi connectivity index (χ3n) is 2.51. The maximum atomic E-state index is 5.82. The summed E-state index contributed by atoms with van der Waals surface area (Å²) in [5.74, 6) is 0.837. The molecule has 17 heavy (non-hydrogen) atoms. The molecule has 2 rings (SSSR count). The van der Waals surface area contributed by atoms with Gasteiger partial charge in [-0.15, -0.1) is 0 Å². The SMILES string of the molecule is C[C@@H](N)c1cccc(OCc2cccnc2)c1. The lowest BCUT2D eigenvalue weighted by Gasteiger charge is -2.09. The molecule has 1 heterocycles. The van der Waals surface area contributed by atoms with Crippen LogP contribution in [0, 0.1) is 0 Å². The van der Waals surface area contributed by atoms with Gasteiger partial charge in [0.1, 0.15) is 12.4 Å². The molecule has 1 atom stereocenters. The number of hydrogen-bond donors (Lipinski definition) is 1. The topological polar surface area (TPSA) is 48.1 Å². The van der Waals surface area contributed by atoms with Crippen molar-refractivity contribution in [1.82, 2.24) is 4.98 Å². The summed E-state index contributed by atoms with van der Waals surface area (Å²) in [6.45, 7) is 2.48. The van der Waals surface area contributed by atoms with Crippen LogP contribution in [-0.4, -0.2) is 4.98 Å². The largest absolute Gasteiger partial charge is 0.489 e. The first kappa shape index (κ1) is 11.6. The van der Waals surface area contributed by atoms with Gasteiger partial charge in [-0.1, -0.05) is 18.2 Å². The highest BCUT2D eigenvalue weighted by Crippen LogP contribution is 2.18. The summed E-state index contributed by atoms with van der Waals surface area (Å²) < 4.78 is 5.69. The van der Waals surface area contributed by atoms with Crippen LogP contribution in [0.4, 0.5) is 0 Å². The number of nitrogens with two attached hydrogens (primary N) is 1.